The quantitative estimate of drug-likeness (QED) is 0.905. The van der Waals surface area contributed by atoms with Crippen LogP contribution in [-0.4, -0.2) is 58.6 Å². The molecule has 1 aliphatic heterocycles. The van der Waals surface area contributed by atoms with Crippen LogP contribution in [0.5, 0.6) is 0 Å². The Morgan fingerprint density at radius 3 is 2.56 bits per heavy atom. The molecule has 1 aromatic carbocycles. The Hall–Kier alpha value is -2.47. The molecule has 1 saturated heterocycles. The molecule has 2 heterocycles. The predicted molar refractivity (Wildman–Crippen MR) is 98.6 cm³/mol. The third-order valence-electron chi connectivity index (χ3n) is 4.55. The number of piperazine rings is 1. The Kier molecular flexibility index (Phi) is 5.60. The number of carbonyl (C=O) groups is 1. The molecule has 6 nitrogen and oxygen atoms in total. The van der Waals surface area contributed by atoms with Crippen LogP contribution in [0.3, 0.4) is 0 Å². The molecule has 25 heavy (non-hydrogen) atoms. The lowest BCUT2D eigenvalue weighted by atomic mass is 10.1. The zero-order valence-electron chi connectivity index (χ0n) is 14.9. The largest absolute Gasteiger partial charge is 0.365 e. The maximum Gasteiger partial charge on any atom is 0.274 e. The van der Waals surface area contributed by atoms with Gasteiger partial charge in [0.1, 0.15) is 5.82 Å². The first-order valence-electron chi connectivity index (χ1n) is 8.80. The predicted octanol–water partition coefficient (Wildman–Crippen LogP) is 2.17. The van der Waals surface area contributed by atoms with E-state index >= 15 is 0 Å². The summed E-state index contributed by atoms with van der Waals surface area (Å²) in [5, 5.41) is 11.5. The first kappa shape index (κ1) is 17.4. The molecule has 0 radical (unpaired) electrons. The van der Waals surface area contributed by atoms with Crippen molar-refractivity contribution in [1.82, 2.24) is 20.0 Å². The third-order valence-corrected chi connectivity index (χ3v) is 4.55. The monoisotopic (exact) mass is 339 g/mol. The molecule has 1 fully saturated rings. The van der Waals surface area contributed by atoms with E-state index in [4.69, 9.17) is 0 Å². The van der Waals surface area contributed by atoms with Crippen molar-refractivity contribution < 1.29 is 4.79 Å². The molecule has 0 bridgehead atoms. The summed E-state index contributed by atoms with van der Waals surface area (Å²) in [6, 6.07) is 11.9. The molecule has 0 saturated carbocycles. The molecule has 0 atom stereocenters. The van der Waals surface area contributed by atoms with E-state index in [-0.39, 0.29) is 5.91 Å². The molecule has 1 N–H and O–H groups in total. The number of amides is 1. The summed E-state index contributed by atoms with van der Waals surface area (Å²) in [7, 11) is 0. The molecule has 1 aliphatic rings. The van der Waals surface area contributed by atoms with Gasteiger partial charge in [-0.2, -0.15) is 0 Å². The van der Waals surface area contributed by atoms with Gasteiger partial charge in [0.25, 0.3) is 5.91 Å². The number of nitrogens with zero attached hydrogens (tertiary/aromatic N) is 4. The Morgan fingerprint density at radius 1 is 1.12 bits per heavy atom. The Morgan fingerprint density at radius 2 is 1.92 bits per heavy atom. The van der Waals surface area contributed by atoms with Gasteiger partial charge < -0.3 is 15.1 Å². The number of hydrogen-bond acceptors (Lipinski definition) is 5. The average Bonchev–Trinajstić information content (AvgIpc) is 2.66. The molecule has 0 unspecified atom stereocenters. The lowest BCUT2D eigenvalue weighted by Crippen LogP contribution is -2.48. The summed E-state index contributed by atoms with van der Waals surface area (Å²) in [5.41, 5.74) is 2.83. The van der Waals surface area contributed by atoms with Crippen LogP contribution in [0, 0.1) is 6.92 Å². The van der Waals surface area contributed by atoms with Crippen molar-refractivity contribution in [3.63, 3.8) is 0 Å². The fourth-order valence-corrected chi connectivity index (χ4v) is 2.98. The van der Waals surface area contributed by atoms with E-state index in [1.54, 1.807) is 6.07 Å². The lowest BCUT2D eigenvalue weighted by molar-refractivity contribution is 0.0636. The minimum atomic E-state index is -0.0338. The third kappa shape index (κ3) is 4.54. The smallest absolute Gasteiger partial charge is 0.274 e. The van der Waals surface area contributed by atoms with Gasteiger partial charge in [-0.15, -0.1) is 10.2 Å². The van der Waals surface area contributed by atoms with Gasteiger partial charge in [0.05, 0.1) is 0 Å². The van der Waals surface area contributed by atoms with Crippen molar-refractivity contribution in [1.29, 1.82) is 0 Å². The highest BCUT2D eigenvalue weighted by Crippen LogP contribution is 2.10. The molecule has 1 aromatic heterocycles. The number of aromatic nitrogens is 2. The Bertz CT molecular complexity index is 708. The number of benzene rings is 1. The highest BCUT2D eigenvalue weighted by Gasteiger charge is 2.22. The van der Waals surface area contributed by atoms with E-state index < -0.39 is 0 Å². The summed E-state index contributed by atoms with van der Waals surface area (Å²) in [6.45, 7) is 9.28. The Balaban J connectivity index is 1.55. The second kappa shape index (κ2) is 8.07. The first-order chi connectivity index (χ1) is 12.2. The van der Waals surface area contributed by atoms with Crippen molar-refractivity contribution in [2.24, 2.45) is 0 Å². The fraction of sp³-hybridized carbons (Fsp3) is 0.421. The van der Waals surface area contributed by atoms with Gasteiger partial charge in [-0.3, -0.25) is 4.79 Å². The highest BCUT2D eigenvalue weighted by molar-refractivity contribution is 5.92. The molecule has 3 rings (SSSR count). The van der Waals surface area contributed by atoms with Gasteiger partial charge in [0.2, 0.25) is 0 Å². The second-order valence-electron chi connectivity index (χ2n) is 6.37. The number of likely N-dealkylation sites (N-methyl/N-ethyl adjacent to an activating group) is 1. The standard InChI is InChI=1S/C19H25N5O/c1-3-23-9-11-24(12-10-23)19(25)17-7-8-18(22-21-17)20-14-16-6-4-5-15(2)13-16/h4-8,13H,3,9-12,14H2,1-2H3,(H,20,22). The summed E-state index contributed by atoms with van der Waals surface area (Å²) in [4.78, 5) is 16.7. The van der Waals surface area contributed by atoms with E-state index in [0.717, 1.165) is 32.7 Å². The Labute approximate surface area is 148 Å². The van der Waals surface area contributed by atoms with Crippen LogP contribution in [0.25, 0.3) is 0 Å². The summed E-state index contributed by atoms with van der Waals surface area (Å²) < 4.78 is 0. The summed E-state index contributed by atoms with van der Waals surface area (Å²) in [5.74, 6) is 0.641. The van der Waals surface area contributed by atoms with Crippen LogP contribution in [-0.2, 0) is 6.54 Å². The van der Waals surface area contributed by atoms with Gasteiger partial charge in [0, 0.05) is 32.7 Å². The van der Waals surface area contributed by atoms with Crippen LogP contribution in [0.4, 0.5) is 5.82 Å². The van der Waals surface area contributed by atoms with Crippen LogP contribution in [0.2, 0.25) is 0 Å². The zero-order valence-corrected chi connectivity index (χ0v) is 14.9. The number of rotatable bonds is 5. The van der Waals surface area contributed by atoms with Crippen molar-refractivity contribution in [2.45, 2.75) is 20.4 Å². The molecule has 2 aromatic rings. The maximum atomic E-state index is 12.5. The number of nitrogens with one attached hydrogen (secondary N) is 1. The highest BCUT2D eigenvalue weighted by atomic mass is 16.2. The number of aryl methyl sites for hydroxylation is 1. The summed E-state index contributed by atoms with van der Waals surface area (Å²) in [6.07, 6.45) is 0. The molecular formula is C19H25N5O. The summed E-state index contributed by atoms with van der Waals surface area (Å²) >= 11 is 0. The maximum absolute atomic E-state index is 12.5. The van der Waals surface area contributed by atoms with Crippen LogP contribution in [0.1, 0.15) is 28.5 Å². The van der Waals surface area contributed by atoms with Crippen LogP contribution >= 0.6 is 0 Å². The number of carbonyl (C=O) groups excluding carboxylic acids is 1. The molecule has 0 aliphatic carbocycles. The minimum Gasteiger partial charge on any atom is -0.365 e. The van der Waals surface area contributed by atoms with E-state index in [0.29, 0.717) is 18.1 Å². The van der Waals surface area contributed by atoms with Crippen LogP contribution in [0.15, 0.2) is 36.4 Å². The topological polar surface area (TPSA) is 61.4 Å². The van der Waals surface area contributed by atoms with E-state index in [9.17, 15) is 4.79 Å². The lowest BCUT2D eigenvalue weighted by Gasteiger charge is -2.33. The van der Waals surface area contributed by atoms with E-state index in [1.165, 1.54) is 11.1 Å². The minimum absolute atomic E-state index is 0.0338. The van der Waals surface area contributed by atoms with Gasteiger partial charge in [-0.05, 0) is 31.2 Å². The number of hydrogen-bond donors (Lipinski definition) is 1. The second-order valence-corrected chi connectivity index (χ2v) is 6.37. The average molecular weight is 339 g/mol. The normalized spacial score (nSPS) is 15.2. The molecule has 1 amide bonds. The van der Waals surface area contributed by atoms with Crippen molar-refractivity contribution in [3.05, 3.63) is 53.2 Å². The SMILES string of the molecule is CCN1CCN(C(=O)c2ccc(NCc3cccc(C)c3)nn2)CC1. The van der Waals surface area contributed by atoms with Crippen LogP contribution < -0.4 is 5.32 Å². The zero-order chi connectivity index (χ0) is 17.6. The van der Waals surface area contributed by atoms with Crippen molar-refractivity contribution >= 4 is 11.7 Å². The van der Waals surface area contributed by atoms with Gasteiger partial charge >= 0.3 is 0 Å². The molecule has 6 heteroatoms. The molecule has 132 valence electrons. The first-order valence-corrected chi connectivity index (χ1v) is 8.80. The van der Waals surface area contributed by atoms with Crippen molar-refractivity contribution in [2.75, 3.05) is 38.0 Å². The number of anilines is 1. The van der Waals surface area contributed by atoms with Crippen molar-refractivity contribution in [3.8, 4) is 0 Å². The molecule has 0 spiro atoms. The molecular weight excluding hydrogens is 314 g/mol. The van der Waals surface area contributed by atoms with E-state index in [1.807, 2.05) is 17.0 Å². The van der Waals surface area contributed by atoms with Gasteiger partial charge in [0.15, 0.2) is 5.69 Å². The van der Waals surface area contributed by atoms with E-state index in [2.05, 4.69) is 52.5 Å². The fourth-order valence-electron chi connectivity index (χ4n) is 2.98. The van der Waals surface area contributed by atoms with Gasteiger partial charge in [-0.1, -0.05) is 36.8 Å². The van der Waals surface area contributed by atoms with Gasteiger partial charge in [-0.25, -0.2) is 0 Å².